The summed E-state index contributed by atoms with van der Waals surface area (Å²) in [4.78, 5) is 13.3. The Hall–Kier alpha value is -1.26. The smallest absolute Gasteiger partial charge is 0.321 e. The molecule has 114 valence electrons. The van der Waals surface area contributed by atoms with Gasteiger partial charge < -0.3 is 15.0 Å². The summed E-state index contributed by atoms with van der Waals surface area (Å²) in [5.41, 5.74) is 3.14. The number of nitrogens with one attached hydrogen (secondary N) is 1. The van der Waals surface area contributed by atoms with Crippen molar-refractivity contribution in [2.24, 2.45) is 0 Å². The molecule has 2 aliphatic heterocycles. The van der Waals surface area contributed by atoms with Crippen LogP contribution in [0.4, 0.5) is 10.5 Å². The number of carbonyl (C=O) groups is 1. The van der Waals surface area contributed by atoms with Gasteiger partial charge in [-0.3, -0.25) is 0 Å². The van der Waals surface area contributed by atoms with E-state index >= 15 is 0 Å². The molecule has 2 atom stereocenters. The molecule has 0 radical (unpaired) electrons. The van der Waals surface area contributed by atoms with Gasteiger partial charge in [0.25, 0.3) is 0 Å². The van der Waals surface area contributed by atoms with E-state index < -0.39 is 0 Å². The Morgan fingerprint density at radius 1 is 1.52 bits per heavy atom. The van der Waals surface area contributed by atoms with Gasteiger partial charge in [0.15, 0.2) is 0 Å². The highest BCUT2D eigenvalue weighted by Gasteiger charge is 2.21. The molecule has 1 fully saturated rings. The number of hydrogen-bond donors (Lipinski definition) is 1. The van der Waals surface area contributed by atoms with E-state index in [0.717, 1.165) is 42.7 Å². The zero-order valence-electron chi connectivity index (χ0n) is 12.3. The van der Waals surface area contributed by atoms with Gasteiger partial charge in [-0.15, -0.1) is 11.6 Å². The molecular formula is C16H21ClN2O2. The lowest BCUT2D eigenvalue weighted by molar-refractivity contribution is 0.102. The first kappa shape index (κ1) is 14.7. The summed E-state index contributed by atoms with van der Waals surface area (Å²) in [6, 6.07) is 6.02. The number of urea groups is 1. The number of anilines is 1. The summed E-state index contributed by atoms with van der Waals surface area (Å²) in [5, 5.41) is 2.88. The van der Waals surface area contributed by atoms with Crippen LogP contribution in [0.15, 0.2) is 18.2 Å². The number of amides is 2. The summed E-state index contributed by atoms with van der Waals surface area (Å²) >= 11 is 6.54. The third kappa shape index (κ3) is 3.33. The van der Waals surface area contributed by atoms with E-state index in [1.807, 2.05) is 12.1 Å². The predicted molar refractivity (Wildman–Crippen MR) is 83.7 cm³/mol. The fourth-order valence-corrected chi connectivity index (χ4v) is 3.23. The molecule has 0 spiro atoms. The maximum absolute atomic E-state index is 11.6. The Morgan fingerprint density at radius 3 is 3.14 bits per heavy atom. The lowest BCUT2D eigenvalue weighted by Gasteiger charge is -2.26. The monoisotopic (exact) mass is 308 g/mol. The van der Waals surface area contributed by atoms with Crippen molar-refractivity contribution >= 4 is 23.3 Å². The predicted octanol–water partition coefficient (Wildman–Crippen LogP) is 3.90. The van der Waals surface area contributed by atoms with Crippen LogP contribution in [0.2, 0.25) is 0 Å². The number of alkyl halides is 1. The average Bonchev–Trinajstić information content (AvgIpc) is 2.99. The standard InChI is InChI=1S/C16H21ClN2O2/c1-19-10-12-9-11(4-7-15(12)18-16(19)20)14(17)6-5-13-3-2-8-21-13/h4,7,9,13-14H,2-3,5-6,8,10H2,1H3,(H,18,20). The topological polar surface area (TPSA) is 41.6 Å². The van der Waals surface area contributed by atoms with Crippen LogP contribution in [0.5, 0.6) is 0 Å². The van der Waals surface area contributed by atoms with Crippen molar-refractivity contribution in [3.63, 3.8) is 0 Å². The minimum atomic E-state index is -0.0592. The Morgan fingerprint density at radius 2 is 2.38 bits per heavy atom. The first-order valence-electron chi connectivity index (χ1n) is 7.54. The molecule has 1 aromatic carbocycles. The Balaban J connectivity index is 1.65. The number of halogens is 1. The summed E-state index contributed by atoms with van der Waals surface area (Å²) < 4.78 is 5.64. The number of carbonyl (C=O) groups excluding carboxylic acids is 1. The van der Waals surface area contributed by atoms with Gasteiger partial charge in [-0.2, -0.15) is 0 Å². The van der Waals surface area contributed by atoms with Crippen LogP contribution in [0, 0.1) is 0 Å². The second-order valence-corrected chi connectivity index (χ2v) is 6.41. The van der Waals surface area contributed by atoms with E-state index in [9.17, 15) is 4.79 Å². The quantitative estimate of drug-likeness (QED) is 0.857. The van der Waals surface area contributed by atoms with Crippen LogP contribution in [0.3, 0.4) is 0 Å². The summed E-state index contributed by atoms with van der Waals surface area (Å²) in [6.45, 7) is 1.52. The highest BCUT2D eigenvalue weighted by atomic mass is 35.5. The molecule has 1 saturated heterocycles. The molecule has 2 heterocycles. The van der Waals surface area contributed by atoms with Gasteiger partial charge in [-0.1, -0.05) is 12.1 Å². The number of hydrogen-bond acceptors (Lipinski definition) is 2. The molecule has 21 heavy (non-hydrogen) atoms. The third-order valence-electron chi connectivity index (χ3n) is 4.25. The van der Waals surface area contributed by atoms with Crippen LogP contribution in [-0.2, 0) is 11.3 Å². The normalized spacial score (nSPS) is 22.9. The van der Waals surface area contributed by atoms with Crippen molar-refractivity contribution in [1.29, 1.82) is 0 Å². The highest BCUT2D eigenvalue weighted by molar-refractivity contribution is 6.20. The first-order chi connectivity index (χ1) is 10.1. The summed E-state index contributed by atoms with van der Waals surface area (Å²) in [7, 11) is 1.79. The van der Waals surface area contributed by atoms with Crippen LogP contribution >= 0.6 is 11.6 Å². The van der Waals surface area contributed by atoms with Gasteiger partial charge in [-0.25, -0.2) is 4.79 Å². The maximum Gasteiger partial charge on any atom is 0.321 e. The lowest BCUT2D eigenvalue weighted by Crippen LogP contribution is -2.35. The second kappa shape index (κ2) is 6.24. The van der Waals surface area contributed by atoms with E-state index in [1.54, 1.807) is 11.9 Å². The van der Waals surface area contributed by atoms with Gasteiger partial charge in [0.1, 0.15) is 0 Å². The van der Waals surface area contributed by atoms with Crippen LogP contribution in [0.1, 0.15) is 42.2 Å². The van der Waals surface area contributed by atoms with Crippen LogP contribution < -0.4 is 5.32 Å². The van der Waals surface area contributed by atoms with Crippen molar-refractivity contribution < 1.29 is 9.53 Å². The number of nitrogens with zero attached hydrogens (tertiary/aromatic N) is 1. The van der Waals surface area contributed by atoms with Crippen molar-refractivity contribution in [2.45, 2.75) is 43.7 Å². The van der Waals surface area contributed by atoms with E-state index in [2.05, 4.69) is 11.4 Å². The molecule has 2 unspecified atom stereocenters. The Labute approximate surface area is 130 Å². The fraction of sp³-hybridized carbons (Fsp3) is 0.562. The Bertz CT molecular complexity index is 529. The highest BCUT2D eigenvalue weighted by Crippen LogP contribution is 2.32. The van der Waals surface area contributed by atoms with Crippen molar-refractivity contribution in [3.05, 3.63) is 29.3 Å². The zero-order valence-corrected chi connectivity index (χ0v) is 13.0. The molecule has 2 aliphatic rings. The van der Waals surface area contributed by atoms with Gasteiger partial charge >= 0.3 is 6.03 Å². The van der Waals surface area contributed by atoms with E-state index in [0.29, 0.717) is 12.6 Å². The van der Waals surface area contributed by atoms with Crippen molar-refractivity contribution in [1.82, 2.24) is 4.90 Å². The molecule has 0 aliphatic carbocycles. The molecule has 1 aromatic rings. The van der Waals surface area contributed by atoms with E-state index in [1.165, 1.54) is 6.42 Å². The molecule has 0 saturated carbocycles. The minimum Gasteiger partial charge on any atom is -0.378 e. The fourth-order valence-electron chi connectivity index (χ4n) is 2.97. The lowest BCUT2D eigenvalue weighted by atomic mass is 10.0. The first-order valence-corrected chi connectivity index (χ1v) is 7.98. The van der Waals surface area contributed by atoms with Gasteiger partial charge in [0, 0.05) is 25.9 Å². The van der Waals surface area contributed by atoms with Crippen molar-refractivity contribution in [2.75, 3.05) is 19.0 Å². The molecule has 0 aromatic heterocycles. The van der Waals surface area contributed by atoms with Crippen molar-refractivity contribution in [3.8, 4) is 0 Å². The second-order valence-electron chi connectivity index (χ2n) is 5.88. The van der Waals surface area contributed by atoms with E-state index in [-0.39, 0.29) is 11.4 Å². The molecule has 0 bridgehead atoms. The number of benzene rings is 1. The van der Waals surface area contributed by atoms with Crippen LogP contribution in [0.25, 0.3) is 0 Å². The molecule has 5 heteroatoms. The third-order valence-corrected chi connectivity index (χ3v) is 4.72. The van der Waals surface area contributed by atoms with E-state index in [4.69, 9.17) is 16.3 Å². The summed E-state index contributed by atoms with van der Waals surface area (Å²) in [6.07, 6.45) is 4.65. The summed E-state index contributed by atoms with van der Waals surface area (Å²) in [5.74, 6) is 0. The van der Waals surface area contributed by atoms with Crippen LogP contribution in [-0.4, -0.2) is 30.7 Å². The zero-order chi connectivity index (χ0) is 14.8. The number of ether oxygens (including phenoxy) is 1. The van der Waals surface area contributed by atoms with Gasteiger partial charge in [0.2, 0.25) is 0 Å². The van der Waals surface area contributed by atoms with Gasteiger partial charge in [0.05, 0.1) is 11.5 Å². The molecule has 1 N–H and O–H groups in total. The minimum absolute atomic E-state index is 0.00225. The van der Waals surface area contributed by atoms with Gasteiger partial charge in [-0.05, 0) is 42.9 Å². The molecule has 2 amide bonds. The number of fused-ring (bicyclic) bond motifs is 1. The average molecular weight is 309 g/mol. The largest absolute Gasteiger partial charge is 0.378 e. The number of rotatable bonds is 4. The Kier molecular flexibility index (Phi) is 4.36. The SMILES string of the molecule is CN1Cc2cc(C(Cl)CCC3CCCO3)ccc2NC1=O. The molecular weight excluding hydrogens is 288 g/mol. The maximum atomic E-state index is 11.6. The molecule has 3 rings (SSSR count). The molecule has 4 nitrogen and oxygen atoms in total.